The van der Waals surface area contributed by atoms with Crippen LogP contribution in [-0.2, 0) is 6.42 Å². The van der Waals surface area contributed by atoms with Crippen molar-refractivity contribution in [1.82, 2.24) is 0 Å². The first-order valence-electron chi connectivity index (χ1n) is 17.7. The number of anilines is 5. The van der Waals surface area contributed by atoms with Crippen molar-refractivity contribution in [3.05, 3.63) is 185 Å². The number of rotatable bonds is 11. The Morgan fingerprint density at radius 3 is 2.08 bits per heavy atom. The van der Waals surface area contributed by atoms with Crippen molar-refractivity contribution in [2.24, 2.45) is 0 Å². The molecule has 0 saturated carbocycles. The minimum absolute atomic E-state index is 0.218. The molecule has 1 aliphatic rings. The molecule has 1 aliphatic carbocycles. The zero-order chi connectivity index (χ0) is 34.2. The monoisotopic (exact) mass is 640 g/mol. The molecule has 0 N–H and O–H groups in total. The lowest BCUT2D eigenvalue weighted by atomic mass is 9.94. The number of aryl methyl sites for hydroxylation is 2. The molecule has 49 heavy (non-hydrogen) atoms. The molecule has 0 bridgehead atoms. The van der Waals surface area contributed by atoms with Crippen LogP contribution in [0.15, 0.2) is 157 Å². The molecule has 246 valence electrons. The molecule has 2 heteroatoms. The van der Waals surface area contributed by atoms with Crippen LogP contribution in [0.4, 0.5) is 28.4 Å². The summed E-state index contributed by atoms with van der Waals surface area (Å²) in [6.07, 6.45) is 17.0. The van der Waals surface area contributed by atoms with Gasteiger partial charge in [-0.2, -0.15) is 0 Å². The summed E-state index contributed by atoms with van der Waals surface area (Å²) in [5.41, 5.74) is 14.9. The summed E-state index contributed by atoms with van der Waals surface area (Å²) in [5, 5.41) is 0. The Labute approximate surface area is 294 Å². The van der Waals surface area contributed by atoms with E-state index in [0.717, 1.165) is 36.3 Å². The third-order valence-electron chi connectivity index (χ3n) is 9.34. The molecular formula is C47H48N2. The molecule has 0 heterocycles. The summed E-state index contributed by atoms with van der Waals surface area (Å²) in [6.45, 7) is 11.1. The van der Waals surface area contributed by atoms with Crippen molar-refractivity contribution in [3.63, 3.8) is 0 Å². The van der Waals surface area contributed by atoms with E-state index in [0.29, 0.717) is 0 Å². The van der Waals surface area contributed by atoms with E-state index in [1.165, 1.54) is 50.5 Å². The second-order valence-electron chi connectivity index (χ2n) is 13.1. The van der Waals surface area contributed by atoms with Gasteiger partial charge >= 0.3 is 0 Å². The van der Waals surface area contributed by atoms with Crippen LogP contribution < -0.4 is 9.80 Å². The van der Waals surface area contributed by atoms with E-state index in [9.17, 15) is 0 Å². The fourth-order valence-corrected chi connectivity index (χ4v) is 6.69. The Kier molecular flexibility index (Phi) is 10.8. The summed E-state index contributed by atoms with van der Waals surface area (Å²) in [7, 11) is 0. The first-order valence-corrected chi connectivity index (χ1v) is 17.7. The minimum atomic E-state index is 0.218. The van der Waals surface area contributed by atoms with E-state index >= 15 is 0 Å². The lowest BCUT2D eigenvalue weighted by molar-refractivity contribution is 0.961. The van der Waals surface area contributed by atoms with Crippen molar-refractivity contribution < 1.29 is 0 Å². The van der Waals surface area contributed by atoms with Crippen molar-refractivity contribution in [3.8, 4) is 0 Å². The fraction of sp³-hybridized carbons (Fsp3) is 0.191. The summed E-state index contributed by atoms with van der Waals surface area (Å²) >= 11 is 0. The van der Waals surface area contributed by atoms with E-state index in [4.69, 9.17) is 0 Å². The molecule has 1 atom stereocenters. The molecule has 0 radical (unpaired) electrons. The van der Waals surface area contributed by atoms with Crippen LogP contribution >= 0.6 is 0 Å². The number of para-hydroxylation sites is 2. The average molecular weight is 641 g/mol. The lowest BCUT2D eigenvalue weighted by Gasteiger charge is -2.30. The normalized spacial score (nSPS) is 13.0. The van der Waals surface area contributed by atoms with Gasteiger partial charge < -0.3 is 9.80 Å². The van der Waals surface area contributed by atoms with Gasteiger partial charge in [-0.1, -0.05) is 123 Å². The third-order valence-corrected chi connectivity index (χ3v) is 9.34. The SMILES string of the molecule is CC/C=C\c1c(C)cccc1N(C(/C=C\C(C)c1ccc(N(c2ccccc2)c2cccc3c2C=CCC3)cc1)=C(C)C)c1ccccc1. The van der Waals surface area contributed by atoms with Gasteiger partial charge in [0.2, 0.25) is 0 Å². The highest BCUT2D eigenvalue weighted by Gasteiger charge is 2.20. The molecule has 0 fully saturated rings. The third kappa shape index (κ3) is 7.55. The fourth-order valence-electron chi connectivity index (χ4n) is 6.69. The lowest BCUT2D eigenvalue weighted by Crippen LogP contribution is -2.18. The van der Waals surface area contributed by atoms with Gasteiger partial charge in [0.25, 0.3) is 0 Å². The molecule has 0 aromatic heterocycles. The molecule has 5 aromatic rings. The number of nitrogens with zero attached hydrogens (tertiary/aromatic N) is 2. The molecule has 0 aliphatic heterocycles. The first-order chi connectivity index (χ1) is 24.0. The van der Waals surface area contributed by atoms with E-state index in [1.54, 1.807) is 0 Å². The average Bonchev–Trinajstić information content (AvgIpc) is 3.14. The second-order valence-corrected chi connectivity index (χ2v) is 13.1. The minimum Gasteiger partial charge on any atom is -0.310 e. The molecule has 0 spiro atoms. The summed E-state index contributed by atoms with van der Waals surface area (Å²) in [6, 6.07) is 43.9. The van der Waals surface area contributed by atoms with Gasteiger partial charge in [-0.3, -0.25) is 0 Å². The standard InChI is InChI=1S/C47H48N2/c1-6-7-25-43-37(5)18-16-27-46(43)49(41-23-12-9-13-24-41)45(35(2)3)34-29-36(4)38-30-32-42(33-31-38)48(40-21-10-8-11-22-40)47-28-17-20-39-19-14-15-26-44(39)47/h7-13,15-18,20-34,36H,6,14,19H2,1-5H3/b25-7-,34-29-. The van der Waals surface area contributed by atoms with Crippen molar-refractivity contribution in [2.75, 3.05) is 9.80 Å². The topological polar surface area (TPSA) is 6.48 Å². The van der Waals surface area contributed by atoms with Gasteiger partial charge in [0.15, 0.2) is 0 Å². The van der Waals surface area contributed by atoms with Crippen LogP contribution in [0.3, 0.4) is 0 Å². The maximum atomic E-state index is 2.41. The van der Waals surface area contributed by atoms with Gasteiger partial charge in [-0.25, -0.2) is 0 Å². The zero-order valence-corrected chi connectivity index (χ0v) is 29.6. The zero-order valence-electron chi connectivity index (χ0n) is 29.6. The van der Waals surface area contributed by atoms with Crippen molar-refractivity contribution >= 4 is 40.6 Å². The first kappa shape index (κ1) is 33.6. The van der Waals surface area contributed by atoms with Gasteiger partial charge in [0.05, 0.1) is 11.4 Å². The van der Waals surface area contributed by atoms with E-state index in [2.05, 4.69) is 202 Å². The van der Waals surface area contributed by atoms with Crippen molar-refractivity contribution in [1.29, 1.82) is 0 Å². The predicted octanol–water partition coefficient (Wildman–Crippen LogP) is 13.6. The maximum absolute atomic E-state index is 2.41. The Hall–Kier alpha value is -5.34. The molecule has 5 aromatic carbocycles. The Balaban J connectivity index is 1.34. The number of hydrogen-bond acceptors (Lipinski definition) is 2. The predicted molar refractivity (Wildman–Crippen MR) is 213 cm³/mol. The molecular weight excluding hydrogens is 593 g/mol. The van der Waals surface area contributed by atoms with E-state index in [-0.39, 0.29) is 5.92 Å². The molecule has 0 amide bonds. The van der Waals surface area contributed by atoms with Crippen LogP contribution in [0.25, 0.3) is 12.2 Å². The van der Waals surface area contributed by atoms with Gasteiger partial charge in [-0.05, 0) is 117 Å². The number of hydrogen-bond donors (Lipinski definition) is 0. The van der Waals surface area contributed by atoms with Crippen LogP contribution in [-0.4, -0.2) is 0 Å². The molecule has 0 saturated heterocycles. The highest BCUT2D eigenvalue weighted by molar-refractivity contribution is 5.84. The smallest absolute Gasteiger partial charge is 0.0536 e. The van der Waals surface area contributed by atoms with Gasteiger partial charge in [0.1, 0.15) is 0 Å². The van der Waals surface area contributed by atoms with Crippen LogP contribution in [0, 0.1) is 6.92 Å². The highest BCUT2D eigenvalue weighted by atomic mass is 15.2. The van der Waals surface area contributed by atoms with Gasteiger partial charge in [0, 0.05) is 33.9 Å². The Morgan fingerprint density at radius 1 is 0.735 bits per heavy atom. The largest absolute Gasteiger partial charge is 0.310 e. The Morgan fingerprint density at radius 2 is 1.39 bits per heavy atom. The number of allylic oxidation sites excluding steroid dienone is 5. The summed E-state index contributed by atoms with van der Waals surface area (Å²) in [5.74, 6) is 0.218. The Bertz CT molecular complexity index is 1970. The van der Waals surface area contributed by atoms with E-state index < -0.39 is 0 Å². The number of fused-ring (bicyclic) bond motifs is 1. The van der Waals surface area contributed by atoms with Crippen molar-refractivity contribution in [2.45, 2.75) is 59.8 Å². The van der Waals surface area contributed by atoms with Crippen LogP contribution in [0.1, 0.15) is 74.3 Å². The maximum Gasteiger partial charge on any atom is 0.0536 e. The van der Waals surface area contributed by atoms with Crippen LogP contribution in [0.5, 0.6) is 0 Å². The quantitative estimate of drug-likeness (QED) is 0.133. The van der Waals surface area contributed by atoms with Crippen LogP contribution in [0.2, 0.25) is 0 Å². The van der Waals surface area contributed by atoms with Gasteiger partial charge in [-0.15, -0.1) is 0 Å². The highest BCUT2D eigenvalue weighted by Crippen LogP contribution is 2.40. The molecule has 1 unspecified atom stereocenters. The summed E-state index contributed by atoms with van der Waals surface area (Å²) in [4.78, 5) is 4.81. The second kappa shape index (κ2) is 15.7. The summed E-state index contributed by atoms with van der Waals surface area (Å²) < 4.78 is 0. The molecule has 2 nitrogen and oxygen atoms in total. The van der Waals surface area contributed by atoms with E-state index in [1.807, 2.05) is 0 Å². The molecule has 6 rings (SSSR count). The number of benzene rings is 5.